The van der Waals surface area contributed by atoms with Crippen LogP contribution in [0.1, 0.15) is 154 Å². The maximum absolute atomic E-state index is 11.8. The van der Waals surface area contributed by atoms with E-state index in [1.165, 1.54) is 0 Å². The number of rotatable bonds is 6. The zero-order valence-corrected chi connectivity index (χ0v) is 34.0. The maximum Gasteiger partial charge on any atom is 0.332 e. The van der Waals surface area contributed by atoms with E-state index in [4.69, 9.17) is 0 Å². The van der Waals surface area contributed by atoms with Crippen LogP contribution in [0.3, 0.4) is 0 Å². The normalized spacial score (nSPS) is 14.6. The minimum atomic E-state index is -4.24. The first-order valence-electron chi connectivity index (χ1n) is 15.2. The quantitative estimate of drug-likeness (QED) is 0.129. The summed E-state index contributed by atoms with van der Waals surface area (Å²) in [6, 6.07) is 6.99. The van der Waals surface area contributed by atoms with E-state index in [9.17, 15) is 38.9 Å². The van der Waals surface area contributed by atoms with Crippen LogP contribution in [0.5, 0.6) is 11.5 Å². The molecule has 2 aromatic carbocycles. The number of aromatic hydroxyl groups is 2. The maximum atomic E-state index is 11.8. The van der Waals surface area contributed by atoms with Crippen molar-refractivity contribution in [3.8, 4) is 11.5 Å². The van der Waals surface area contributed by atoms with E-state index in [1.807, 2.05) is 83.1 Å². The van der Waals surface area contributed by atoms with Gasteiger partial charge in [0.25, 0.3) is 0 Å². The molecule has 2 rings (SSSR count). The van der Waals surface area contributed by atoms with E-state index in [1.54, 1.807) is 38.1 Å². The molecule has 2 aromatic rings. The van der Waals surface area contributed by atoms with Crippen molar-refractivity contribution < 1.29 is 38.9 Å². The van der Waals surface area contributed by atoms with Crippen molar-refractivity contribution in [2.24, 2.45) is 0 Å². The molecule has 0 aromatic heterocycles. The molecule has 11 heteroatoms. The monoisotopic (exact) mass is 696 g/mol. The molecule has 0 fully saturated rings. The van der Waals surface area contributed by atoms with Crippen LogP contribution in [0.2, 0.25) is 0 Å². The average molecular weight is 697 g/mol. The third-order valence-corrected chi connectivity index (χ3v) is 10.8. The minimum absolute atomic E-state index is 0. The molecule has 45 heavy (non-hydrogen) atoms. The Morgan fingerprint density at radius 1 is 0.511 bits per heavy atom. The molecule has 0 amide bonds. The van der Waals surface area contributed by atoms with Gasteiger partial charge in [0.15, 0.2) is 0 Å². The van der Waals surface area contributed by atoms with Gasteiger partial charge >= 0.3 is 15.2 Å². The molecule has 6 N–H and O–H groups in total. The Morgan fingerprint density at radius 3 is 0.800 bits per heavy atom. The van der Waals surface area contributed by atoms with Crippen molar-refractivity contribution in [3.63, 3.8) is 0 Å². The van der Waals surface area contributed by atoms with Crippen LogP contribution in [-0.2, 0) is 30.8 Å². The van der Waals surface area contributed by atoms with E-state index >= 15 is 0 Å². The van der Waals surface area contributed by atoms with Gasteiger partial charge in [-0.05, 0) is 67.9 Å². The van der Waals surface area contributed by atoms with Gasteiger partial charge in [-0.1, -0.05) is 121 Å². The van der Waals surface area contributed by atoms with E-state index in [-0.39, 0.29) is 70.9 Å². The molecular weight excluding hydrogens is 638 g/mol. The van der Waals surface area contributed by atoms with Crippen molar-refractivity contribution >= 4 is 52.9 Å². The number of phenolic OH excluding ortho intramolecular Hbond substituents is 2. The van der Waals surface area contributed by atoms with Gasteiger partial charge in [0.05, 0.1) is 11.3 Å². The van der Waals surface area contributed by atoms with Crippen LogP contribution in [0.4, 0.5) is 0 Å². The van der Waals surface area contributed by atoms with Crippen LogP contribution in [-0.4, -0.2) is 67.5 Å². The summed E-state index contributed by atoms with van der Waals surface area (Å²) in [7, 11) is -8.48. The molecule has 0 saturated heterocycles. The first kappa shape index (κ1) is 44.6. The molecule has 0 aliphatic rings. The largest absolute Gasteiger partial charge is 0.507 e. The standard InChI is InChI=1S/2C17H29O4P.Ca/c2*1-8-14(22(19,20)21)11-9-12(16(2,3)4)15(18)13(10-11)17(5,6)7;/h2*9-10,14,18H,8H2,1-7H3,(H2,19,20,21);. The van der Waals surface area contributed by atoms with Crippen LogP contribution in [0, 0.1) is 0 Å². The molecule has 0 aliphatic carbocycles. The average Bonchev–Trinajstić information content (AvgIpc) is 2.77. The Morgan fingerprint density at radius 2 is 0.689 bits per heavy atom. The first-order valence-corrected chi connectivity index (χ1v) is 18.6. The number of hydrogen-bond donors (Lipinski definition) is 6. The molecule has 0 spiro atoms. The van der Waals surface area contributed by atoms with Crippen molar-refractivity contribution in [1.29, 1.82) is 0 Å². The third-order valence-electron chi connectivity index (χ3n) is 7.85. The smallest absolute Gasteiger partial charge is 0.332 e. The van der Waals surface area contributed by atoms with Gasteiger partial charge in [-0.2, -0.15) is 0 Å². The van der Waals surface area contributed by atoms with E-state index < -0.39 is 26.5 Å². The van der Waals surface area contributed by atoms with Gasteiger partial charge in [0.1, 0.15) is 11.5 Å². The van der Waals surface area contributed by atoms with Gasteiger partial charge < -0.3 is 29.8 Å². The number of hydrogen-bond acceptors (Lipinski definition) is 4. The molecule has 2 radical (unpaired) electrons. The number of phenols is 2. The summed E-state index contributed by atoms with van der Waals surface area (Å²) in [5.74, 6) is 0.452. The zero-order chi connectivity index (χ0) is 35.0. The second-order valence-electron chi connectivity index (χ2n) is 16.0. The Balaban J connectivity index is 0.000000842. The third kappa shape index (κ3) is 11.9. The predicted octanol–water partition coefficient (Wildman–Crippen LogP) is 8.85. The second kappa shape index (κ2) is 15.4. The van der Waals surface area contributed by atoms with Gasteiger partial charge in [0, 0.05) is 37.7 Å². The van der Waals surface area contributed by atoms with Crippen LogP contribution >= 0.6 is 15.2 Å². The van der Waals surface area contributed by atoms with Gasteiger partial charge in [-0.25, -0.2) is 0 Å². The second-order valence-corrected chi connectivity index (χ2v) is 19.6. The van der Waals surface area contributed by atoms with Gasteiger partial charge in [-0.3, -0.25) is 9.13 Å². The van der Waals surface area contributed by atoms with Crippen molar-refractivity contribution in [1.82, 2.24) is 0 Å². The molecular formula is C34H58CaO8P2. The van der Waals surface area contributed by atoms with Crippen molar-refractivity contribution in [2.45, 2.75) is 143 Å². The molecule has 2 atom stereocenters. The first-order chi connectivity index (χ1) is 19.4. The molecule has 254 valence electrons. The Hall–Kier alpha value is -0.400. The molecule has 8 nitrogen and oxygen atoms in total. The summed E-state index contributed by atoms with van der Waals surface area (Å²) in [6.45, 7) is 27.3. The molecule has 0 saturated carbocycles. The summed E-state index contributed by atoms with van der Waals surface area (Å²) < 4.78 is 23.6. The summed E-state index contributed by atoms with van der Waals surface area (Å²) >= 11 is 0. The fourth-order valence-corrected chi connectivity index (χ4v) is 7.35. The van der Waals surface area contributed by atoms with Crippen molar-refractivity contribution in [2.75, 3.05) is 0 Å². The van der Waals surface area contributed by atoms with E-state index in [0.29, 0.717) is 24.0 Å². The Kier molecular flexibility index (Phi) is 15.3. The predicted molar refractivity (Wildman–Crippen MR) is 187 cm³/mol. The number of benzene rings is 2. The van der Waals surface area contributed by atoms with E-state index in [0.717, 1.165) is 22.3 Å². The summed E-state index contributed by atoms with van der Waals surface area (Å²) in [6.07, 6.45) is 0.699. The molecule has 0 bridgehead atoms. The van der Waals surface area contributed by atoms with Crippen molar-refractivity contribution in [3.05, 3.63) is 57.6 Å². The van der Waals surface area contributed by atoms with Crippen LogP contribution in [0.25, 0.3) is 0 Å². The van der Waals surface area contributed by atoms with Gasteiger partial charge in [-0.15, -0.1) is 0 Å². The SMILES string of the molecule is CCC(c1cc(C(C)(C)C)c(O)c(C(C)(C)C)c1)P(=O)(O)O.CCC(c1cc(C(C)(C)C)c(O)c(C(C)(C)C)c1)P(=O)(O)O.[Ca]. The van der Waals surface area contributed by atoms with E-state index in [2.05, 4.69) is 0 Å². The zero-order valence-electron chi connectivity index (χ0n) is 30.0. The molecule has 0 aliphatic heterocycles. The summed E-state index contributed by atoms with van der Waals surface area (Å²) in [5, 5.41) is 21.3. The summed E-state index contributed by atoms with van der Waals surface area (Å²) in [5.41, 5.74) is 1.17. The fraction of sp³-hybridized carbons (Fsp3) is 0.647. The van der Waals surface area contributed by atoms with Gasteiger partial charge in [0.2, 0.25) is 0 Å². The Labute approximate surface area is 301 Å². The molecule has 0 heterocycles. The van der Waals surface area contributed by atoms with Crippen LogP contribution < -0.4 is 0 Å². The Bertz CT molecular complexity index is 1220. The minimum Gasteiger partial charge on any atom is -0.507 e. The molecule has 2 unspecified atom stereocenters. The topological polar surface area (TPSA) is 156 Å². The fourth-order valence-electron chi connectivity index (χ4n) is 5.32. The van der Waals surface area contributed by atoms with Crippen LogP contribution in [0.15, 0.2) is 24.3 Å². The summed E-state index contributed by atoms with van der Waals surface area (Å²) in [4.78, 5) is 38.5.